The maximum atomic E-state index is 13.7. The van der Waals surface area contributed by atoms with Crippen LogP contribution in [0, 0.1) is 11.8 Å². The highest BCUT2D eigenvalue weighted by atomic mass is 32.2. The highest BCUT2D eigenvalue weighted by molar-refractivity contribution is 7.91. The standard InChI is InChI=1S/C27H42N4O7S/c1-17-14-21-22(32)29-27(24(34)30-39(36,37)19-12-13-19)15-18(27)10-8-6-5-7-9-11-20(23(33)31(21)16-17)28-25(35)38-26(2,3)4/h8,10,17-21H,5-7,9,11-16H2,1-4H3,(H,28,35)(H,29,32)(H,30,34)/b10-8-/t17-,18+,20+,21+,27-/m1/s1. The van der Waals surface area contributed by atoms with Gasteiger partial charge in [0.25, 0.3) is 5.91 Å². The molecule has 1 saturated heterocycles. The SMILES string of the molecule is C[C@@H]1C[C@H]2C(=O)N[C@]3(C(=O)NS(=O)(=O)C4CC4)C[C@@H]3/C=C\CCCCC[C@H](NC(=O)OC(C)(C)C)C(=O)N2C1. The summed E-state index contributed by atoms with van der Waals surface area (Å²) in [5.74, 6) is -1.88. The number of carbonyl (C=O) groups is 4. The van der Waals surface area contributed by atoms with Crippen molar-refractivity contribution in [2.75, 3.05) is 6.54 Å². The van der Waals surface area contributed by atoms with Crippen LogP contribution in [0.4, 0.5) is 4.79 Å². The van der Waals surface area contributed by atoms with Gasteiger partial charge < -0.3 is 20.3 Å². The Morgan fingerprint density at radius 1 is 1.13 bits per heavy atom. The van der Waals surface area contributed by atoms with Gasteiger partial charge in [0, 0.05) is 12.5 Å². The summed E-state index contributed by atoms with van der Waals surface area (Å²) in [6.45, 7) is 7.51. The van der Waals surface area contributed by atoms with Crippen molar-refractivity contribution in [2.24, 2.45) is 11.8 Å². The molecule has 2 aliphatic carbocycles. The molecule has 0 radical (unpaired) electrons. The number of fused-ring (bicyclic) bond motifs is 2. The maximum absolute atomic E-state index is 13.7. The van der Waals surface area contributed by atoms with Crippen LogP contribution >= 0.6 is 0 Å². The summed E-state index contributed by atoms with van der Waals surface area (Å²) in [5.41, 5.74) is -2.10. The Morgan fingerprint density at radius 3 is 2.51 bits per heavy atom. The van der Waals surface area contributed by atoms with E-state index >= 15 is 0 Å². The number of sulfonamides is 1. The summed E-state index contributed by atoms with van der Waals surface area (Å²) in [7, 11) is -3.79. The van der Waals surface area contributed by atoms with Crippen LogP contribution in [0.15, 0.2) is 12.2 Å². The van der Waals surface area contributed by atoms with Crippen molar-refractivity contribution < 1.29 is 32.3 Å². The molecule has 0 unspecified atom stereocenters. The van der Waals surface area contributed by atoms with Crippen molar-refractivity contribution in [3.8, 4) is 0 Å². The predicted octanol–water partition coefficient (Wildman–Crippen LogP) is 2.12. The van der Waals surface area contributed by atoms with E-state index in [-0.39, 0.29) is 17.7 Å². The molecule has 39 heavy (non-hydrogen) atoms. The summed E-state index contributed by atoms with van der Waals surface area (Å²) in [5, 5.41) is 4.99. The fourth-order valence-corrected chi connectivity index (χ4v) is 6.82. The van der Waals surface area contributed by atoms with Crippen LogP contribution in [-0.4, -0.2) is 72.2 Å². The lowest BCUT2D eigenvalue weighted by Crippen LogP contribution is -2.58. The molecule has 12 heteroatoms. The first-order valence-electron chi connectivity index (χ1n) is 14.1. The van der Waals surface area contributed by atoms with Gasteiger partial charge in [-0.1, -0.05) is 31.9 Å². The largest absolute Gasteiger partial charge is 0.444 e. The molecular weight excluding hydrogens is 524 g/mol. The average molecular weight is 567 g/mol. The average Bonchev–Trinajstić information content (AvgIpc) is 3.73. The Hall–Kier alpha value is -2.63. The van der Waals surface area contributed by atoms with E-state index in [2.05, 4.69) is 15.4 Å². The van der Waals surface area contributed by atoms with Gasteiger partial charge in [-0.15, -0.1) is 0 Å². The quantitative estimate of drug-likeness (QED) is 0.441. The first kappa shape index (κ1) is 29.4. The maximum Gasteiger partial charge on any atom is 0.408 e. The van der Waals surface area contributed by atoms with Crippen LogP contribution in [0.1, 0.15) is 85.5 Å². The van der Waals surface area contributed by atoms with Crippen LogP contribution in [0.5, 0.6) is 0 Å². The zero-order valence-electron chi connectivity index (χ0n) is 23.3. The molecule has 218 valence electrons. The zero-order valence-corrected chi connectivity index (χ0v) is 24.1. The number of hydrogen-bond donors (Lipinski definition) is 3. The second-order valence-corrected chi connectivity index (χ2v) is 14.5. The van der Waals surface area contributed by atoms with E-state index in [0.29, 0.717) is 45.1 Å². The molecule has 0 aromatic carbocycles. The van der Waals surface area contributed by atoms with Gasteiger partial charge in [0.2, 0.25) is 21.8 Å². The third-order valence-electron chi connectivity index (χ3n) is 7.78. The first-order valence-corrected chi connectivity index (χ1v) is 15.6. The van der Waals surface area contributed by atoms with Crippen molar-refractivity contribution >= 4 is 33.8 Å². The lowest BCUT2D eigenvalue weighted by Gasteiger charge is -2.30. The van der Waals surface area contributed by atoms with Gasteiger partial charge in [-0.3, -0.25) is 19.1 Å². The Morgan fingerprint density at radius 2 is 1.85 bits per heavy atom. The minimum absolute atomic E-state index is 0.0284. The molecule has 0 bridgehead atoms. The number of ether oxygens (including phenoxy) is 1. The van der Waals surface area contributed by atoms with E-state index in [1.807, 2.05) is 19.1 Å². The second-order valence-electron chi connectivity index (χ2n) is 12.6. The third-order valence-corrected chi connectivity index (χ3v) is 9.60. The molecule has 0 aromatic heterocycles. The van der Waals surface area contributed by atoms with Crippen LogP contribution in [0.25, 0.3) is 0 Å². The third kappa shape index (κ3) is 7.12. The molecule has 3 fully saturated rings. The summed E-state index contributed by atoms with van der Waals surface area (Å²) >= 11 is 0. The van der Waals surface area contributed by atoms with Crippen molar-refractivity contribution in [1.29, 1.82) is 0 Å². The molecule has 0 aromatic rings. The molecule has 0 spiro atoms. The molecule has 4 aliphatic rings. The van der Waals surface area contributed by atoms with Gasteiger partial charge in [-0.05, 0) is 71.6 Å². The van der Waals surface area contributed by atoms with E-state index in [9.17, 15) is 27.6 Å². The molecule has 11 nitrogen and oxygen atoms in total. The predicted molar refractivity (Wildman–Crippen MR) is 144 cm³/mol. The summed E-state index contributed by atoms with van der Waals surface area (Å²) < 4.78 is 32.6. The number of hydrogen-bond acceptors (Lipinski definition) is 7. The molecule has 2 saturated carbocycles. The van der Waals surface area contributed by atoms with E-state index in [1.54, 1.807) is 20.8 Å². The lowest BCUT2D eigenvalue weighted by molar-refractivity contribution is -0.141. The fraction of sp³-hybridized carbons (Fsp3) is 0.778. The Kier molecular flexibility index (Phi) is 8.35. The Balaban J connectivity index is 1.57. The number of nitrogens with one attached hydrogen (secondary N) is 3. The van der Waals surface area contributed by atoms with Gasteiger partial charge in [-0.25, -0.2) is 13.2 Å². The second kappa shape index (κ2) is 11.1. The van der Waals surface area contributed by atoms with Gasteiger partial charge >= 0.3 is 6.09 Å². The molecule has 4 rings (SSSR count). The first-order chi connectivity index (χ1) is 18.2. The van der Waals surface area contributed by atoms with Crippen LogP contribution in [0.2, 0.25) is 0 Å². The molecule has 5 atom stereocenters. The van der Waals surface area contributed by atoms with Gasteiger partial charge in [0.15, 0.2) is 0 Å². The van der Waals surface area contributed by atoms with Crippen molar-refractivity contribution in [2.45, 2.75) is 114 Å². The summed E-state index contributed by atoms with van der Waals surface area (Å²) in [6, 6.07) is -1.69. The van der Waals surface area contributed by atoms with E-state index in [0.717, 1.165) is 19.3 Å². The smallest absolute Gasteiger partial charge is 0.408 e. The molecule has 3 N–H and O–H groups in total. The van der Waals surface area contributed by atoms with Gasteiger partial charge in [-0.2, -0.15) is 0 Å². The molecule has 2 heterocycles. The van der Waals surface area contributed by atoms with Crippen LogP contribution < -0.4 is 15.4 Å². The highest BCUT2D eigenvalue weighted by Crippen LogP contribution is 2.46. The van der Waals surface area contributed by atoms with Crippen molar-refractivity contribution in [3.05, 3.63) is 12.2 Å². The van der Waals surface area contributed by atoms with E-state index < -0.39 is 56.4 Å². The number of amides is 4. The minimum Gasteiger partial charge on any atom is -0.444 e. The number of allylic oxidation sites excluding steroid dienone is 1. The summed E-state index contributed by atoms with van der Waals surface area (Å²) in [4.78, 5) is 54.7. The van der Waals surface area contributed by atoms with E-state index in [1.165, 1.54) is 4.90 Å². The Labute approximate surface area is 230 Å². The van der Waals surface area contributed by atoms with Gasteiger partial charge in [0.05, 0.1) is 5.25 Å². The number of alkyl carbamates (subject to hydrolysis) is 1. The van der Waals surface area contributed by atoms with Crippen LogP contribution in [0.3, 0.4) is 0 Å². The number of nitrogens with zero attached hydrogens (tertiary/aromatic N) is 1. The lowest BCUT2D eigenvalue weighted by atomic mass is 10.0. The molecule has 2 aliphatic heterocycles. The van der Waals surface area contributed by atoms with Crippen LogP contribution in [-0.2, 0) is 29.1 Å². The van der Waals surface area contributed by atoms with Crippen molar-refractivity contribution in [1.82, 2.24) is 20.3 Å². The normalized spacial score (nSPS) is 33.0. The fourth-order valence-electron chi connectivity index (χ4n) is 5.46. The molecular formula is C27H42N4O7S. The van der Waals surface area contributed by atoms with E-state index in [4.69, 9.17) is 4.74 Å². The monoisotopic (exact) mass is 566 g/mol. The zero-order chi connectivity index (χ0) is 28.6. The van der Waals surface area contributed by atoms with Crippen molar-refractivity contribution in [3.63, 3.8) is 0 Å². The van der Waals surface area contributed by atoms with Gasteiger partial charge in [0.1, 0.15) is 23.2 Å². The number of carbonyl (C=O) groups excluding carboxylic acids is 4. The highest BCUT2D eigenvalue weighted by Gasteiger charge is 2.62. The summed E-state index contributed by atoms with van der Waals surface area (Å²) in [6.07, 6.45) is 8.42. The Bertz CT molecular complexity index is 1130. The topological polar surface area (TPSA) is 151 Å². The minimum atomic E-state index is -3.79. The molecule has 4 amide bonds. The number of rotatable bonds is 4.